The highest BCUT2D eigenvalue weighted by molar-refractivity contribution is 5.95. The highest BCUT2D eigenvalue weighted by Gasteiger charge is 2.71. The Labute approximate surface area is 342 Å². The molecule has 17 heteroatoms. The number of allylic oxidation sites excluding steroid dienone is 2. The molecule has 20 atom stereocenters. The van der Waals surface area contributed by atoms with Gasteiger partial charge in [0.1, 0.15) is 36.6 Å². The van der Waals surface area contributed by atoms with Crippen LogP contribution >= 0.6 is 0 Å². The summed E-state index contributed by atoms with van der Waals surface area (Å²) >= 11 is 0. The fourth-order valence-corrected chi connectivity index (χ4v) is 13.4. The van der Waals surface area contributed by atoms with E-state index in [1.165, 1.54) is 0 Å². The van der Waals surface area contributed by atoms with Crippen molar-refractivity contribution in [2.45, 2.75) is 167 Å². The van der Waals surface area contributed by atoms with Crippen LogP contribution in [0.1, 0.15) is 99.3 Å². The number of hydrogen-bond acceptors (Lipinski definition) is 14. The number of rotatable bonds is 8. The summed E-state index contributed by atoms with van der Waals surface area (Å²) < 4.78 is 23.2. The summed E-state index contributed by atoms with van der Waals surface area (Å²) in [6, 6.07) is 0. The number of fused-ring (bicyclic) bond motifs is 7. The van der Waals surface area contributed by atoms with Gasteiger partial charge in [-0.3, -0.25) is 9.59 Å². The molecule has 0 radical (unpaired) electrons. The number of carboxylic acid groups (broad SMARTS) is 3. The van der Waals surface area contributed by atoms with Gasteiger partial charge in [0.15, 0.2) is 30.6 Å². The molecule has 7 aliphatic rings. The molecule has 5 aliphatic carbocycles. The molecule has 9 N–H and O–H groups in total. The topological polar surface area (TPSA) is 287 Å². The van der Waals surface area contributed by atoms with Crippen molar-refractivity contribution in [1.82, 2.24) is 0 Å². The Morgan fingerprint density at radius 1 is 0.729 bits per heavy atom. The molecule has 6 fully saturated rings. The first kappa shape index (κ1) is 44.5. The molecule has 0 bridgehead atoms. The van der Waals surface area contributed by atoms with Gasteiger partial charge >= 0.3 is 17.9 Å². The van der Waals surface area contributed by atoms with Crippen LogP contribution in [-0.2, 0) is 38.1 Å². The number of ketones is 1. The van der Waals surface area contributed by atoms with Gasteiger partial charge in [0.05, 0.1) is 18.1 Å². The molecule has 0 spiro atoms. The summed E-state index contributed by atoms with van der Waals surface area (Å²) in [7, 11) is 0. The number of carbonyl (C=O) groups excluding carboxylic acids is 1. The van der Waals surface area contributed by atoms with Gasteiger partial charge in [0, 0.05) is 11.3 Å². The number of carboxylic acids is 3. The SMILES string of the molecule is C[C@@]1(C(=O)O)CC[C@]2(C)CC[C@]3(C)C(=CC(=O)[C@H]4[C@@]5(C)CC[C@H](OC6O[C@H](C(=O)O)[C@@H](O)[C@H](O)C6OC6O[C@H](C(=O)O)[C@@H](O)[C@H](O)[C@H]6O)[C@](C)(CO)[C@@H]5CC[C@]43C)[C@H]2C1. The Morgan fingerprint density at radius 3 is 1.92 bits per heavy atom. The van der Waals surface area contributed by atoms with E-state index >= 15 is 0 Å². The molecule has 3 unspecified atom stereocenters. The first-order valence-electron chi connectivity index (χ1n) is 20.9. The van der Waals surface area contributed by atoms with Crippen molar-refractivity contribution in [1.29, 1.82) is 0 Å². The smallest absolute Gasteiger partial charge is 0.335 e. The maximum absolute atomic E-state index is 14.9. The number of aliphatic carboxylic acids is 3. The van der Waals surface area contributed by atoms with E-state index in [4.69, 9.17) is 18.9 Å². The van der Waals surface area contributed by atoms with E-state index < -0.39 is 125 Å². The molecule has 0 aromatic heterocycles. The maximum atomic E-state index is 14.9. The van der Waals surface area contributed by atoms with Crippen LogP contribution in [0.15, 0.2) is 11.6 Å². The lowest BCUT2D eigenvalue weighted by molar-refractivity contribution is -0.372. The third-order valence-electron chi connectivity index (χ3n) is 17.4. The molecular weight excluding hydrogens is 776 g/mol. The monoisotopic (exact) mass is 838 g/mol. The number of ether oxygens (including phenoxy) is 4. The lowest BCUT2D eigenvalue weighted by Crippen LogP contribution is -2.69. The molecule has 59 heavy (non-hydrogen) atoms. The van der Waals surface area contributed by atoms with E-state index in [-0.39, 0.29) is 29.5 Å². The average Bonchev–Trinajstić information content (AvgIpc) is 3.16. The number of aliphatic hydroxyl groups excluding tert-OH is 6. The molecule has 7 rings (SSSR count). The van der Waals surface area contributed by atoms with Crippen LogP contribution < -0.4 is 0 Å². The van der Waals surface area contributed by atoms with Crippen molar-refractivity contribution in [2.75, 3.05) is 6.61 Å². The molecule has 4 saturated carbocycles. The van der Waals surface area contributed by atoms with Crippen LogP contribution in [0.4, 0.5) is 0 Å². The van der Waals surface area contributed by atoms with Gasteiger partial charge < -0.3 is 64.9 Å². The molecule has 2 heterocycles. The lowest BCUT2D eigenvalue weighted by Gasteiger charge is -2.70. The van der Waals surface area contributed by atoms with Crippen molar-refractivity contribution in [2.24, 2.45) is 50.2 Å². The summed E-state index contributed by atoms with van der Waals surface area (Å²) in [5.41, 5.74) is -2.63. The van der Waals surface area contributed by atoms with Crippen LogP contribution in [0.5, 0.6) is 0 Å². The molecule has 0 aromatic carbocycles. The van der Waals surface area contributed by atoms with Gasteiger partial charge in [-0.15, -0.1) is 0 Å². The van der Waals surface area contributed by atoms with E-state index in [1.54, 1.807) is 0 Å². The zero-order valence-electron chi connectivity index (χ0n) is 34.5. The lowest BCUT2D eigenvalue weighted by atomic mass is 9.33. The van der Waals surface area contributed by atoms with Crippen LogP contribution in [-0.4, -0.2) is 144 Å². The summed E-state index contributed by atoms with van der Waals surface area (Å²) in [6.45, 7) is 12.0. The molecule has 2 aliphatic heterocycles. The Bertz CT molecular complexity index is 1750. The second-order valence-electron chi connectivity index (χ2n) is 20.5. The summed E-state index contributed by atoms with van der Waals surface area (Å²) in [6.07, 6.45) is -13.8. The standard InChI is InChI=1S/C42H62O17/c1-37-11-12-38(2,36(54)55)16-19(37)18-15-20(44)31-39(3)9-8-22(40(4,17-43)21(39)7-10-42(31,6)41(18,5)14-13-37)56-35-30(26(48)25(47)29(58-35)33(52)53)59-34-27(49)23(45)24(46)28(57-34)32(50)51/h15,19,21-31,34-35,43,45-49H,7-14,16-17H2,1-6H3,(H,50,51)(H,52,53)(H,54,55)/t19-,21-,22+,23+,24+,25+,26+,27-,28+,29+,30?,31+,34?,35?,37-,38-,39+,40-,41-,42-/m1/s1. The zero-order valence-corrected chi connectivity index (χ0v) is 34.5. The van der Waals surface area contributed by atoms with Crippen LogP contribution in [0.2, 0.25) is 0 Å². The van der Waals surface area contributed by atoms with Crippen LogP contribution in [0, 0.1) is 50.2 Å². The third kappa shape index (κ3) is 6.46. The number of aliphatic hydroxyl groups is 6. The van der Waals surface area contributed by atoms with Crippen LogP contribution in [0.3, 0.4) is 0 Å². The average molecular weight is 839 g/mol. The van der Waals surface area contributed by atoms with E-state index in [1.807, 2.05) is 19.9 Å². The summed E-state index contributed by atoms with van der Waals surface area (Å²) in [5, 5.41) is 94.3. The van der Waals surface area contributed by atoms with Crippen molar-refractivity contribution in [3.8, 4) is 0 Å². The van der Waals surface area contributed by atoms with Gasteiger partial charge in [-0.25, -0.2) is 9.59 Å². The Kier molecular flexibility index (Phi) is 11.1. The first-order valence-corrected chi connectivity index (χ1v) is 20.9. The predicted molar refractivity (Wildman–Crippen MR) is 201 cm³/mol. The third-order valence-corrected chi connectivity index (χ3v) is 17.4. The van der Waals surface area contributed by atoms with E-state index in [0.29, 0.717) is 32.1 Å². The molecular formula is C42H62O17. The highest BCUT2D eigenvalue weighted by atomic mass is 16.8. The van der Waals surface area contributed by atoms with E-state index in [9.17, 15) is 65.1 Å². The van der Waals surface area contributed by atoms with E-state index in [2.05, 4.69) is 27.7 Å². The molecule has 17 nitrogen and oxygen atoms in total. The Hall–Kier alpha value is -2.58. The minimum Gasteiger partial charge on any atom is -0.481 e. The van der Waals surface area contributed by atoms with Gasteiger partial charge in [0.2, 0.25) is 0 Å². The van der Waals surface area contributed by atoms with Gasteiger partial charge in [-0.2, -0.15) is 0 Å². The fraction of sp³-hybridized carbons (Fsp3) is 0.857. The van der Waals surface area contributed by atoms with Crippen molar-refractivity contribution < 1.29 is 84.1 Å². The van der Waals surface area contributed by atoms with Gasteiger partial charge in [0.25, 0.3) is 0 Å². The largest absolute Gasteiger partial charge is 0.481 e. The highest BCUT2D eigenvalue weighted by Crippen LogP contribution is 2.75. The van der Waals surface area contributed by atoms with Crippen molar-refractivity contribution in [3.63, 3.8) is 0 Å². The second-order valence-corrected chi connectivity index (χ2v) is 20.5. The summed E-state index contributed by atoms with van der Waals surface area (Å²) in [4.78, 5) is 51.4. The number of hydrogen-bond donors (Lipinski definition) is 9. The maximum Gasteiger partial charge on any atom is 0.335 e. The molecule has 332 valence electrons. The first-order chi connectivity index (χ1) is 27.3. The number of carbonyl (C=O) groups is 4. The van der Waals surface area contributed by atoms with Gasteiger partial charge in [-0.1, -0.05) is 40.2 Å². The molecule has 0 amide bonds. The van der Waals surface area contributed by atoms with E-state index in [0.717, 1.165) is 24.8 Å². The normalized spacial score (nSPS) is 53.5. The fourth-order valence-electron chi connectivity index (χ4n) is 13.4. The second kappa shape index (κ2) is 14.8. The van der Waals surface area contributed by atoms with Crippen molar-refractivity contribution >= 4 is 23.7 Å². The Balaban J connectivity index is 1.19. The summed E-state index contributed by atoms with van der Waals surface area (Å²) in [5.74, 6) is -5.02. The minimum atomic E-state index is -2.10. The van der Waals surface area contributed by atoms with Crippen molar-refractivity contribution in [3.05, 3.63) is 11.6 Å². The minimum absolute atomic E-state index is 0.0119. The quantitative estimate of drug-likeness (QED) is 0.155. The Morgan fingerprint density at radius 2 is 1.32 bits per heavy atom. The zero-order chi connectivity index (χ0) is 43.6. The predicted octanol–water partition coefficient (Wildman–Crippen LogP) is 1.22. The van der Waals surface area contributed by atoms with Gasteiger partial charge in [-0.05, 0) is 104 Å². The van der Waals surface area contributed by atoms with Crippen LogP contribution in [0.25, 0.3) is 0 Å². The molecule has 2 saturated heterocycles. The molecule has 0 aromatic rings.